The summed E-state index contributed by atoms with van der Waals surface area (Å²) in [5, 5.41) is 19.6. The highest BCUT2D eigenvalue weighted by atomic mass is 16.3. The average molecular weight is 156 g/mol. The van der Waals surface area contributed by atoms with Crippen LogP contribution >= 0.6 is 0 Å². The number of hydrogen-bond donors (Lipinski definition) is 2. The third kappa shape index (κ3) is 3.58. The minimum Gasteiger partial charge on any atom is -0.383 e. The molecule has 0 aliphatic heterocycles. The lowest BCUT2D eigenvalue weighted by Gasteiger charge is -2.09. The van der Waals surface area contributed by atoms with E-state index in [2.05, 4.69) is 5.32 Å². The number of carbonyl (C=O) groups excluding carboxylic acids is 1. The van der Waals surface area contributed by atoms with Crippen molar-refractivity contribution >= 4 is 5.91 Å². The van der Waals surface area contributed by atoms with Crippen molar-refractivity contribution in [1.29, 1.82) is 5.26 Å². The zero-order valence-corrected chi connectivity index (χ0v) is 6.66. The van der Waals surface area contributed by atoms with E-state index in [1.54, 1.807) is 13.8 Å². The Morgan fingerprint density at radius 3 is 2.73 bits per heavy atom. The van der Waals surface area contributed by atoms with Gasteiger partial charge < -0.3 is 10.4 Å². The van der Waals surface area contributed by atoms with Crippen molar-refractivity contribution in [2.45, 2.75) is 32.4 Å². The van der Waals surface area contributed by atoms with Gasteiger partial charge >= 0.3 is 0 Å². The molecule has 4 heteroatoms. The smallest absolute Gasteiger partial charge is 0.249 e. The van der Waals surface area contributed by atoms with Crippen LogP contribution in [0.5, 0.6) is 0 Å². The Labute approximate surface area is 65.8 Å². The van der Waals surface area contributed by atoms with Gasteiger partial charge in [-0.25, -0.2) is 0 Å². The molecule has 0 radical (unpaired) electrons. The molecular weight excluding hydrogens is 144 g/mol. The average Bonchev–Trinajstić information content (AvgIpc) is 2.02. The molecule has 0 aromatic rings. The summed E-state index contributed by atoms with van der Waals surface area (Å²) >= 11 is 0. The maximum absolute atomic E-state index is 10.8. The molecule has 0 aromatic carbocycles. The number of rotatable bonds is 3. The molecule has 1 unspecified atom stereocenters. The summed E-state index contributed by atoms with van der Waals surface area (Å²) in [6.07, 6.45) is -0.630. The third-order valence-electron chi connectivity index (χ3n) is 1.24. The summed E-state index contributed by atoms with van der Waals surface area (Å²) in [6.45, 7) is 3.25. The van der Waals surface area contributed by atoms with Gasteiger partial charge in [-0.15, -0.1) is 0 Å². The molecule has 62 valence electrons. The van der Waals surface area contributed by atoms with Crippen LogP contribution in [0.15, 0.2) is 0 Å². The van der Waals surface area contributed by atoms with E-state index in [4.69, 9.17) is 10.4 Å². The highest BCUT2D eigenvalue weighted by molar-refractivity contribution is 5.80. The summed E-state index contributed by atoms with van der Waals surface area (Å²) < 4.78 is 0. The van der Waals surface area contributed by atoms with Crippen molar-refractivity contribution in [1.82, 2.24) is 5.32 Å². The molecule has 0 aliphatic rings. The van der Waals surface area contributed by atoms with Crippen LogP contribution in [-0.4, -0.2) is 23.2 Å². The first-order valence-electron chi connectivity index (χ1n) is 3.49. The molecule has 0 spiro atoms. The molecule has 2 N–H and O–H groups in total. The second kappa shape index (κ2) is 4.69. The maximum atomic E-state index is 10.8. The number of carbonyl (C=O) groups is 1. The van der Waals surface area contributed by atoms with Crippen LogP contribution in [0.2, 0.25) is 0 Å². The summed E-state index contributed by atoms with van der Waals surface area (Å²) in [4.78, 5) is 10.8. The molecule has 11 heavy (non-hydrogen) atoms. The highest BCUT2D eigenvalue weighted by Gasteiger charge is 2.13. The summed E-state index contributed by atoms with van der Waals surface area (Å²) in [5.41, 5.74) is 0. The number of nitrogens with zero attached hydrogens (tertiary/aromatic N) is 1. The van der Waals surface area contributed by atoms with Crippen LogP contribution in [0.1, 0.15) is 20.3 Å². The number of aliphatic hydroxyl groups excluding tert-OH is 1. The van der Waals surface area contributed by atoms with Crippen molar-refractivity contribution in [3.63, 3.8) is 0 Å². The van der Waals surface area contributed by atoms with Crippen molar-refractivity contribution in [2.75, 3.05) is 0 Å². The van der Waals surface area contributed by atoms with Crippen molar-refractivity contribution in [2.24, 2.45) is 0 Å². The fourth-order valence-corrected chi connectivity index (χ4v) is 0.527. The van der Waals surface area contributed by atoms with Gasteiger partial charge in [0.25, 0.3) is 0 Å². The number of aliphatic hydroxyl groups is 1. The van der Waals surface area contributed by atoms with E-state index in [1.807, 2.05) is 6.07 Å². The fourth-order valence-electron chi connectivity index (χ4n) is 0.527. The molecule has 0 aliphatic carbocycles. The van der Waals surface area contributed by atoms with Gasteiger partial charge in [0.05, 0.1) is 6.07 Å². The van der Waals surface area contributed by atoms with Gasteiger partial charge in [-0.05, 0) is 13.3 Å². The molecule has 0 saturated heterocycles. The van der Waals surface area contributed by atoms with Gasteiger partial charge in [-0.2, -0.15) is 5.26 Å². The lowest BCUT2D eigenvalue weighted by atomic mass is 10.2. The minimum atomic E-state index is -0.995. The largest absolute Gasteiger partial charge is 0.383 e. The Morgan fingerprint density at radius 1 is 1.82 bits per heavy atom. The van der Waals surface area contributed by atoms with E-state index in [0.717, 1.165) is 0 Å². The van der Waals surface area contributed by atoms with Crippen molar-refractivity contribution in [3.05, 3.63) is 0 Å². The van der Waals surface area contributed by atoms with E-state index in [1.165, 1.54) is 0 Å². The molecule has 2 atom stereocenters. The van der Waals surface area contributed by atoms with Gasteiger partial charge in [0.1, 0.15) is 12.1 Å². The molecule has 0 aromatic heterocycles. The van der Waals surface area contributed by atoms with Crippen LogP contribution in [0, 0.1) is 11.3 Å². The van der Waals surface area contributed by atoms with Gasteiger partial charge in [-0.1, -0.05) is 6.92 Å². The first kappa shape index (κ1) is 9.92. The first-order valence-corrected chi connectivity index (χ1v) is 3.49. The van der Waals surface area contributed by atoms with Crippen LogP contribution in [-0.2, 0) is 4.79 Å². The maximum Gasteiger partial charge on any atom is 0.249 e. The lowest BCUT2D eigenvalue weighted by molar-refractivity contribution is -0.129. The van der Waals surface area contributed by atoms with Crippen LogP contribution in [0.25, 0.3) is 0 Å². The molecule has 0 rings (SSSR count). The quantitative estimate of drug-likeness (QED) is 0.593. The zero-order valence-electron chi connectivity index (χ0n) is 6.66. The van der Waals surface area contributed by atoms with E-state index in [-0.39, 0.29) is 0 Å². The van der Waals surface area contributed by atoms with Gasteiger partial charge in [0.2, 0.25) is 5.91 Å². The second-order valence-corrected chi connectivity index (χ2v) is 2.28. The predicted octanol–water partition coefficient (Wildman–Crippen LogP) is -0.214. The number of hydrogen-bond acceptors (Lipinski definition) is 3. The van der Waals surface area contributed by atoms with E-state index in [0.29, 0.717) is 6.42 Å². The molecule has 0 heterocycles. The van der Waals surface area contributed by atoms with Crippen molar-refractivity contribution < 1.29 is 9.90 Å². The summed E-state index contributed by atoms with van der Waals surface area (Å²) in [7, 11) is 0. The Bertz CT molecular complexity index is 174. The topological polar surface area (TPSA) is 73.1 Å². The van der Waals surface area contributed by atoms with E-state index in [9.17, 15) is 4.79 Å². The zero-order chi connectivity index (χ0) is 8.85. The molecule has 4 nitrogen and oxygen atoms in total. The molecule has 0 bridgehead atoms. The minimum absolute atomic E-state index is 0.365. The summed E-state index contributed by atoms with van der Waals surface area (Å²) in [5.74, 6) is -0.485. The van der Waals surface area contributed by atoms with Crippen molar-refractivity contribution in [3.8, 4) is 6.07 Å². The second-order valence-electron chi connectivity index (χ2n) is 2.28. The van der Waals surface area contributed by atoms with Gasteiger partial charge in [-0.3, -0.25) is 4.79 Å². The fraction of sp³-hybridized carbons (Fsp3) is 0.714. The molecule has 0 fully saturated rings. The molecule has 0 saturated carbocycles. The number of amides is 1. The van der Waals surface area contributed by atoms with Crippen LogP contribution in [0.4, 0.5) is 0 Å². The lowest BCUT2D eigenvalue weighted by Crippen LogP contribution is -2.38. The highest BCUT2D eigenvalue weighted by Crippen LogP contribution is 1.90. The Kier molecular flexibility index (Phi) is 4.23. The SMILES string of the molecule is CCC(O)C(=O)N[C@H](C)C#N. The van der Waals surface area contributed by atoms with E-state index < -0.39 is 18.1 Å². The Balaban J connectivity index is 3.80. The normalized spacial score (nSPS) is 14.7. The monoisotopic (exact) mass is 156 g/mol. The van der Waals surface area contributed by atoms with E-state index >= 15 is 0 Å². The van der Waals surface area contributed by atoms with Gasteiger partial charge in [0.15, 0.2) is 0 Å². The number of nitrogens with one attached hydrogen (secondary N) is 1. The number of nitriles is 1. The third-order valence-corrected chi connectivity index (χ3v) is 1.24. The predicted molar refractivity (Wildman–Crippen MR) is 39.5 cm³/mol. The Hall–Kier alpha value is -1.08. The first-order chi connectivity index (χ1) is 5.11. The molecule has 1 amide bonds. The standard InChI is InChI=1S/C7H12N2O2/c1-3-6(10)7(11)9-5(2)4-8/h5-6,10H,3H2,1-2H3,(H,9,11)/t5-,6?/m1/s1. The van der Waals surface area contributed by atoms with Crippen LogP contribution < -0.4 is 5.32 Å². The van der Waals surface area contributed by atoms with Gasteiger partial charge in [0, 0.05) is 0 Å². The summed E-state index contributed by atoms with van der Waals surface area (Å²) in [6, 6.07) is 1.29. The van der Waals surface area contributed by atoms with Crippen LogP contribution in [0.3, 0.4) is 0 Å². The molecular formula is C7H12N2O2. The Morgan fingerprint density at radius 2 is 2.36 bits per heavy atom.